The maximum Gasteiger partial charge on any atom is 0.255 e. The summed E-state index contributed by atoms with van der Waals surface area (Å²) in [5.74, 6) is 0.292. The molecule has 0 radical (unpaired) electrons. The molecule has 3 rings (SSSR count). The summed E-state index contributed by atoms with van der Waals surface area (Å²) in [7, 11) is 1.80. The highest BCUT2D eigenvalue weighted by Crippen LogP contribution is 2.37. The third kappa shape index (κ3) is 1.64. The van der Waals surface area contributed by atoms with Crippen LogP contribution in [0.2, 0.25) is 0 Å². The second-order valence-electron chi connectivity index (χ2n) is 5.17. The Morgan fingerprint density at radius 1 is 1.67 bits per heavy atom. The second kappa shape index (κ2) is 4.07. The zero-order valence-corrected chi connectivity index (χ0v) is 10.6. The van der Waals surface area contributed by atoms with Crippen molar-refractivity contribution in [3.63, 3.8) is 0 Å². The maximum atomic E-state index is 12.1. The molecule has 4 unspecified atom stereocenters. The number of hydrogen-bond acceptors (Lipinski definition) is 4. The Hall–Kier alpha value is -1.40. The van der Waals surface area contributed by atoms with E-state index in [0.717, 1.165) is 18.7 Å². The molecule has 1 saturated carbocycles. The van der Waals surface area contributed by atoms with Crippen molar-refractivity contribution in [2.24, 2.45) is 18.7 Å². The summed E-state index contributed by atoms with van der Waals surface area (Å²) >= 11 is 0. The van der Waals surface area contributed by atoms with E-state index in [1.165, 1.54) is 0 Å². The van der Waals surface area contributed by atoms with Crippen molar-refractivity contribution >= 4 is 5.91 Å². The fourth-order valence-electron chi connectivity index (χ4n) is 2.98. The van der Waals surface area contributed by atoms with Gasteiger partial charge in [0.2, 0.25) is 0 Å². The molecule has 0 bridgehead atoms. The predicted octanol–water partition coefficient (Wildman–Crippen LogP) is -0.427. The van der Waals surface area contributed by atoms with Crippen LogP contribution >= 0.6 is 0 Å². The summed E-state index contributed by atoms with van der Waals surface area (Å²) in [6.07, 6.45) is 2.83. The molecule has 1 aromatic rings. The lowest BCUT2D eigenvalue weighted by Crippen LogP contribution is -2.68. The van der Waals surface area contributed by atoms with Crippen LogP contribution in [0.1, 0.15) is 22.5 Å². The molecule has 18 heavy (non-hydrogen) atoms. The van der Waals surface area contributed by atoms with Gasteiger partial charge in [0, 0.05) is 31.8 Å². The van der Waals surface area contributed by atoms with Crippen LogP contribution in [-0.4, -0.2) is 40.5 Å². The Balaban J connectivity index is 1.70. The molecule has 2 aliphatic rings. The topological polar surface area (TPSA) is 82.2 Å². The van der Waals surface area contributed by atoms with Crippen LogP contribution in [0.25, 0.3) is 0 Å². The average molecular weight is 250 g/mol. The first kappa shape index (κ1) is 11.7. The summed E-state index contributed by atoms with van der Waals surface area (Å²) in [5, 5.41) is 7.13. The first-order valence-electron chi connectivity index (χ1n) is 6.26. The van der Waals surface area contributed by atoms with Gasteiger partial charge in [-0.05, 0) is 13.3 Å². The molecule has 0 aromatic carbocycles. The average Bonchev–Trinajstić information content (AvgIpc) is 2.89. The van der Waals surface area contributed by atoms with Gasteiger partial charge in [0.05, 0.1) is 23.4 Å². The van der Waals surface area contributed by atoms with Gasteiger partial charge in [-0.1, -0.05) is 0 Å². The summed E-state index contributed by atoms with van der Waals surface area (Å²) in [6.45, 7) is 2.58. The number of nitrogens with two attached hydrogens (primary N) is 1. The Kier molecular flexibility index (Phi) is 2.64. The number of carbonyl (C=O) groups excluding carboxylic acids is 1. The highest BCUT2D eigenvalue weighted by Gasteiger charge is 2.52. The zero-order chi connectivity index (χ0) is 12.9. The molecule has 1 aromatic heterocycles. The zero-order valence-electron chi connectivity index (χ0n) is 10.6. The number of nitrogens with zero attached hydrogens (tertiary/aromatic N) is 2. The highest BCUT2D eigenvalue weighted by molar-refractivity contribution is 5.95. The van der Waals surface area contributed by atoms with E-state index in [-0.39, 0.29) is 24.1 Å². The smallest absolute Gasteiger partial charge is 0.255 e. The van der Waals surface area contributed by atoms with E-state index in [4.69, 9.17) is 10.5 Å². The minimum Gasteiger partial charge on any atom is -0.376 e. The molecule has 6 nitrogen and oxygen atoms in total. The number of aryl methyl sites for hydroxylation is 2. The SMILES string of the molecule is Cc1nn(C)cc1C(=O)NC1C(N)C2CCOC21. The standard InChI is InChI=1S/C12H18N4O2/c1-6-8(5-16(2)15-6)12(17)14-10-9(13)7-3-4-18-11(7)10/h5,7,9-11H,3-4,13H2,1-2H3,(H,14,17). The molecular weight excluding hydrogens is 232 g/mol. The fraction of sp³-hybridized carbons (Fsp3) is 0.667. The van der Waals surface area contributed by atoms with Crippen LogP contribution in [0.15, 0.2) is 6.20 Å². The largest absolute Gasteiger partial charge is 0.376 e. The molecule has 1 saturated heterocycles. The number of ether oxygens (including phenoxy) is 1. The van der Waals surface area contributed by atoms with Gasteiger partial charge in [0.1, 0.15) is 0 Å². The Morgan fingerprint density at radius 2 is 2.44 bits per heavy atom. The number of nitrogens with one attached hydrogen (secondary N) is 1. The van der Waals surface area contributed by atoms with Crippen molar-refractivity contribution in [3.05, 3.63) is 17.5 Å². The van der Waals surface area contributed by atoms with Gasteiger partial charge in [0.25, 0.3) is 5.91 Å². The molecule has 4 atom stereocenters. The monoisotopic (exact) mass is 250 g/mol. The van der Waals surface area contributed by atoms with E-state index in [9.17, 15) is 4.79 Å². The van der Waals surface area contributed by atoms with Crippen LogP contribution in [0.3, 0.4) is 0 Å². The van der Waals surface area contributed by atoms with Gasteiger partial charge in [0.15, 0.2) is 0 Å². The first-order chi connectivity index (χ1) is 8.58. The maximum absolute atomic E-state index is 12.1. The number of fused-ring (bicyclic) bond motifs is 1. The van der Waals surface area contributed by atoms with Crippen LogP contribution < -0.4 is 11.1 Å². The number of amides is 1. The van der Waals surface area contributed by atoms with Crippen molar-refractivity contribution < 1.29 is 9.53 Å². The lowest BCUT2D eigenvalue weighted by molar-refractivity contribution is -0.0161. The molecule has 1 aliphatic heterocycles. The molecule has 98 valence electrons. The summed E-state index contributed by atoms with van der Waals surface area (Å²) in [6, 6.07) is -0.0527. The van der Waals surface area contributed by atoms with Crippen molar-refractivity contribution in [2.45, 2.75) is 31.5 Å². The predicted molar refractivity (Wildman–Crippen MR) is 65.0 cm³/mol. The van der Waals surface area contributed by atoms with E-state index in [0.29, 0.717) is 11.5 Å². The van der Waals surface area contributed by atoms with Crippen LogP contribution in [0, 0.1) is 12.8 Å². The van der Waals surface area contributed by atoms with Gasteiger partial charge in [-0.25, -0.2) is 0 Å². The van der Waals surface area contributed by atoms with Crippen LogP contribution in [-0.2, 0) is 11.8 Å². The lowest BCUT2D eigenvalue weighted by Gasteiger charge is -2.45. The lowest BCUT2D eigenvalue weighted by atomic mass is 9.72. The Bertz CT molecular complexity index is 484. The van der Waals surface area contributed by atoms with E-state index in [1.54, 1.807) is 17.9 Å². The molecule has 2 fully saturated rings. The quantitative estimate of drug-likeness (QED) is 0.746. The third-order valence-corrected chi connectivity index (χ3v) is 4.00. The molecule has 1 amide bonds. The van der Waals surface area contributed by atoms with Crippen molar-refractivity contribution in [1.82, 2.24) is 15.1 Å². The van der Waals surface area contributed by atoms with Gasteiger partial charge in [-0.15, -0.1) is 0 Å². The molecule has 0 spiro atoms. The fourth-order valence-corrected chi connectivity index (χ4v) is 2.98. The van der Waals surface area contributed by atoms with Crippen LogP contribution in [0.5, 0.6) is 0 Å². The minimum absolute atomic E-state index is 0.0124. The first-order valence-corrected chi connectivity index (χ1v) is 6.26. The van der Waals surface area contributed by atoms with Crippen molar-refractivity contribution in [3.8, 4) is 0 Å². The highest BCUT2D eigenvalue weighted by atomic mass is 16.5. The number of carbonyl (C=O) groups is 1. The second-order valence-corrected chi connectivity index (χ2v) is 5.17. The number of aromatic nitrogens is 2. The van der Waals surface area contributed by atoms with Gasteiger partial charge in [-0.2, -0.15) is 5.10 Å². The van der Waals surface area contributed by atoms with Crippen molar-refractivity contribution in [2.75, 3.05) is 6.61 Å². The molecule has 3 N–H and O–H groups in total. The van der Waals surface area contributed by atoms with Crippen molar-refractivity contribution in [1.29, 1.82) is 0 Å². The Morgan fingerprint density at radius 3 is 3.11 bits per heavy atom. The van der Waals surface area contributed by atoms with Crippen LogP contribution in [0.4, 0.5) is 0 Å². The van der Waals surface area contributed by atoms with E-state index >= 15 is 0 Å². The van der Waals surface area contributed by atoms with Gasteiger partial charge >= 0.3 is 0 Å². The number of hydrogen-bond donors (Lipinski definition) is 2. The molecule has 1 aliphatic carbocycles. The minimum atomic E-state index is -0.116. The van der Waals surface area contributed by atoms with E-state index < -0.39 is 0 Å². The Labute approximate surface area is 105 Å². The molecule has 6 heteroatoms. The summed E-state index contributed by atoms with van der Waals surface area (Å²) in [4.78, 5) is 12.1. The normalized spacial score (nSPS) is 33.9. The molecule has 2 heterocycles. The third-order valence-electron chi connectivity index (χ3n) is 4.00. The van der Waals surface area contributed by atoms with E-state index in [2.05, 4.69) is 10.4 Å². The van der Waals surface area contributed by atoms with Gasteiger partial charge < -0.3 is 15.8 Å². The molecular formula is C12H18N4O2. The number of rotatable bonds is 2. The summed E-state index contributed by atoms with van der Waals surface area (Å²) < 4.78 is 7.23. The van der Waals surface area contributed by atoms with E-state index in [1.807, 2.05) is 6.92 Å². The van der Waals surface area contributed by atoms with Gasteiger partial charge in [-0.3, -0.25) is 9.48 Å². The summed E-state index contributed by atoms with van der Waals surface area (Å²) in [5.41, 5.74) is 7.39.